The minimum atomic E-state index is -0.706. The van der Waals surface area contributed by atoms with E-state index in [-0.39, 0.29) is 12.4 Å². The molecule has 26 heavy (non-hydrogen) atoms. The lowest BCUT2D eigenvalue weighted by Crippen LogP contribution is -2.23. The minimum absolute atomic E-state index is 0.118. The highest BCUT2D eigenvalue weighted by Gasteiger charge is 2.10. The molecule has 0 heterocycles. The van der Waals surface area contributed by atoms with Crippen molar-refractivity contribution >= 4 is 23.3 Å². The number of amides is 1. The van der Waals surface area contributed by atoms with Crippen molar-refractivity contribution in [3.8, 4) is 11.8 Å². The zero-order valence-electron chi connectivity index (χ0n) is 14.0. The van der Waals surface area contributed by atoms with Crippen LogP contribution in [0.15, 0.2) is 48.5 Å². The van der Waals surface area contributed by atoms with Gasteiger partial charge in [-0.25, -0.2) is 4.79 Å². The molecule has 132 valence electrons. The predicted octanol–water partition coefficient (Wildman–Crippen LogP) is 2.32. The highest BCUT2D eigenvalue weighted by atomic mass is 16.6. The number of benzene rings is 2. The maximum Gasteiger partial charge on any atom is 0.344 e. The first kappa shape index (κ1) is 18.7. The van der Waals surface area contributed by atoms with Gasteiger partial charge in [-0.15, -0.1) is 0 Å². The average Bonchev–Trinajstić information content (AvgIpc) is 2.65. The Kier molecular flexibility index (Phi) is 6.46. The molecule has 2 aromatic rings. The van der Waals surface area contributed by atoms with Crippen molar-refractivity contribution in [1.29, 1.82) is 5.26 Å². The third kappa shape index (κ3) is 5.76. The van der Waals surface area contributed by atoms with E-state index >= 15 is 0 Å². The molecule has 7 nitrogen and oxygen atoms in total. The van der Waals surface area contributed by atoms with Gasteiger partial charge in [-0.3, -0.25) is 9.59 Å². The second-order valence-electron chi connectivity index (χ2n) is 5.27. The Labute approximate surface area is 150 Å². The van der Waals surface area contributed by atoms with Crippen LogP contribution in [0.25, 0.3) is 0 Å². The zero-order valence-corrected chi connectivity index (χ0v) is 14.0. The molecule has 0 aromatic heterocycles. The van der Waals surface area contributed by atoms with E-state index in [1.165, 1.54) is 13.0 Å². The molecular formula is C19H16N2O5. The molecule has 0 aliphatic carbocycles. The zero-order chi connectivity index (χ0) is 18.9. The molecule has 0 aliphatic heterocycles. The van der Waals surface area contributed by atoms with Crippen LogP contribution in [-0.4, -0.2) is 30.9 Å². The number of hydrogen-bond acceptors (Lipinski definition) is 6. The van der Waals surface area contributed by atoms with Gasteiger partial charge in [-0.05, 0) is 43.3 Å². The first-order valence-electron chi connectivity index (χ1n) is 7.67. The minimum Gasteiger partial charge on any atom is -0.482 e. The molecule has 7 heteroatoms. The van der Waals surface area contributed by atoms with Gasteiger partial charge in [-0.2, -0.15) is 5.26 Å². The summed E-state index contributed by atoms with van der Waals surface area (Å²) < 4.78 is 10.0. The van der Waals surface area contributed by atoms with Crippen LogP contribution in [0, 0.1) is 11.3 Å². The van der Waals surface area contributed by atoms with Crippen LogP contribution < -0.4 is 10.1 Å². The van der Waals surface area contributed by atoms with Crippen molar-refractivity contribution in [2.24, 2.45) is 0 Å². The summed E-state index contributed by atoms with van der Waals surface area (Å²) in [7, 11) is 0. The van der Waals surface area contributed by atoms with Crippen LogP contribution in [0.4, 0.5) is 5.69 Å². The van der Waals surface area contributed by atoms with E-state index < -0.39 is 18.5 Å². The fraction of sp³-hybridized carbons (Fsp3) is 0.158. The third-order valence-corrected chi connectivity index (χ3v) is 3.26. The third-order valence-electron chi connectivity index (χ3n) is 3.26. The molecular weight excluding hydrogens is 336 g/mol. The molecule has 2 rings (SSSR count). The molecule has 0 saturated carbocycles. The molecule has 0 bridgehead atoms. The number of anilines is 1. The Bertz CT molecular complexity index is 853. The van der Waals surface area contributed by atoms with Gasteiger partial charge in [0.05, 0.1) is 11.6 Å². The van der Waals surface area contributed by atoms with Crippen LogP contribution >= 0.6 is 0 Å². The summed E-state index contributed by atoms with van der Waals surface area (Å²) in [4.78, 5) is 34.7. The van der Waals surface area contributed by atoms with E-state index in [1.54, 1.807) is 42.5 Å². The first-order chi connectivity index (χ1) is 12.5. The Morgan fingerprint density at radius 1 is 1.08 bits per heavy atom. The second-order valence-corrected chi connectivity index (χ2v) is 5.27. The molecule has 0 aliphatic rings. The largest absolute Gasteiger partial charge is 0.482 e. The van der Waals surface area contributed by atoms with Crippen molar-refractivity contribution in [3.63, 3.8) is 0 Å². The first-order valence-corrected chi connectivity index (χ1v) is 7.67. The quantitative estimate of drug-likeness (QED) is 0.605. The van der Waals surface area contributed by atoms with Gasteiger partial charge in [0.1, 0.15) is 5.75 Å². The summed E-state index contributed by atoms with van der Waals surface area (Å²) in [5, 5.41) is 11.2. The van der Waals surface area contributed by atoms with Crippen LogP contribution in [-0.2, 0) is 14.3 Å². The van der Waals surface area contributed by atoms with E-state index in [0.717, 1.165) is 0 Å². The van der Waals surface area contributed by atoms with E-state index in [1.807, 2.05) is 6.07 Å². The predicted molar refractivity (Wildman–Crippen MR) is 92.7 cm³/mol. The second kappa shape index (κ2) is 8.99. The number of nitriles is 1. The van der Waals surface area contributed by atoms with Crippen molar-refractivity contribution in [3.05, 3.63) is 59.7 Å². The maximum absolute atomic E-state index is 11.8. The summed E-state index contributed by atoms with van der Waals surface area (Å²) in [5.41, 5.74) is 1.38. The number of ether oxygens (including phenoxy) is 2. The SMILES string of the molecule is CC(=O)c1cccc(NC(=O)COC(=O)COc2ccc(C#N)cc2)c1. The summed E-state index contributed by atoms with van der Waals surface area (Å²) in [6, 6.07) is 14.6. The van der Waals surface area contributed by atoms with Gasteiger partial charge in [0.25, 0.3) is 5.91 Å². The van der Waals surface area contributed by atoms with Gasteiger partial charge in [-0.1, -0.05) is 12.1 Å². The Morgan fingerprint density at radius 2 is 1.81 bits per heavy atom. The van der Waals surface area contributed by atoms with Crippen molar-refractivity contribution in [2.75, 3.05) is 18.5 Å². The Morgan fingerprint density at radius 3 is 2.46 bits per heavy atom. The molecule has 0 spiro atoms. The number of carbonyl (C=O) groups excluding carboxylic acids is 3. The van der Waals surface area contributed by atoms with Gasteiger partial charge in [0.2, 0.25) is 0 Å². The van der Waals surface area contributed by atoms with Crippen LogP contribution in [0.1, 0.15) is 22.8 Å². The van der Waals surface area contributed by atoms with Gasteiger partial charge < -0.3 is 14.8 Å². The molecule has 2 aromatic carbocycles. The van der Waals surface area contributed by atoms with Gasteiger partial charge in [0.15, 0.2) is 19.0 Å². The lowest BCUT2D eigenvalue weighted by atomic mass is 10.1. The lowest BCUT2D eigenvalue weighted by Gasteiger charge is -2.08. The number of rotatable bonds is 7. The topological polar surface area (TPSA) is 105 Å². The van der Waals surface area contributed by atoms with Crippen LogP contribution in [0.2, 0.25) is 0 Å². The number of nitrogens with zero attached hydrogens (tertiary/aromatic N) is 1. The molecule has 0 atom stereocenters. The number of hydrogen-bond donors (Lipinski definition) is 1. The Hall–Kier alpha value is -3.66. The fourth-order valence-corrected chi connectivity index (χ4v) is 1.97. The summed E-state index contributed by atoms with van der Waals surface area (Å²) in [6.07, 6.45) is 0. The standard InChI is InChI=1S/C19H16N2O5/c1-13(22)15-3-2-4-16(9-15)21-18(23)11-26-19(24)12-25-17-7-5-14(10-20)6-8-17/h2-9H,11-12H2,1H3,(H,21,23). The molecule has 0 radical (unpaired) electrons. The van der Waals surface area contributed by atoms with Crippen LogP contribution in [0.3, 0.4) is 0 Å². The van der Waals surface area contributed by atoms with Crippen molar-refractivity contribution < 1.29 is 23.9 Å². The molecule has 0 unspecified atom stereocenters. The normalized spacial score (nSPS) is 9.69. The summed E-state index contributed by atoms with van der Waals surface area (Å²) >= 11 is 0. The number of Topliss-reactive ketones (excluding diaryl/α,β-unsaturated/α-hetero) is 1. The van der Waals surface area contributed by atoms with Crippen molar-refractivity contribution in [1.82, 2.24) is 0 Å². The number of esters is 1. The summed E-state index contributed by atoms with van der Waals surface area (Å²) in [6.45, 7) is 0.593. The number of ketones is 1. The smallest absolute Gasteiger partial charge is 0.344 e. The van der Waals surface area contributed by atoms with Crippen molar-refractivity contribution in [2.45, 2.75) is 6.92 Å². The van der Waals surface area contributed by atoms with E-state index in [0.29, 0.717) is 22.6 Å². The molecule has 1 N–H and O–H groups in total. The maximum atomic E-state index is 11.8. The van der Waals surface area contributed by atoms with Gasteiger partial charge in [0, 0.05) is 11.3 Å². The summed E-state index contributed by atoms with van der Waals surface area (Å²) in [5.74, 6) is -0.946. The Balaban J connectivity index is 1.76. The highest BCUT2D eigenvalue weighted by molar-refractivity contribution is 5.97. The molecule has 0 fully saturated rings. The van der Waals surface area contributed by atoms with Crippen LogP contribution in [0.5, 0.6) is 5.75 Å². The average molecular weight is 352 g/mol. The number of carbonyl (C=O) groups is 3. The highest BCUT2D eigenvalue weighted by Crippen LogP contribution is 2.12. The molecule has 0 saturated heterocycles. The van der Waals surface area contributed by atoms with Gasteiger partial charge >= 0.3 is 5.97 Å². The van der Waals surface area contributed by atoms with E-state index in [2.05, 4.69) is 5.32 Å². The monoisotopic (exact) mass is 352 g/mol. The van der Waals surface area contributed by atoms with E-state index in [9.17, 15) is 14.4 Å². The molecule has 1 amide bonds. The van der Waals surface area contributed by atoms with E-state index in [4.69, 9.17) is 14.7 Å². The number of nitrogens with one attached hydrogen (secondary N) is 1. The fourth-order valence-electron chi connectivity index (χ4n) is 1.97. The lowest BCUT2D eigenvalue weighted by molar-refractivity contribution is -0.149.